The molecule has 3 heterocycles. The Morgan fingerprint density at radius 2 is 1.73 bits per heavy atom. The standard InChI is InChI=1S/C19H28N4O2S/c24-17-19(6-3-1-2-4-7-19)20-18(25)23(17)15-22-10-8-21(9-11-22)13-16-5-12-26-14-16/h5,12,14H,1-4,6-11,13,15H2,(H,20,25)/p+2. The van der Waals surface area contributed by atoms with Crippen molar-refractivity contribution in [1.82, 2.24) is 10.2 Å². The number of piperazine rings is 1. The molecule has 1 aromatic rings. The van der Waals surface area contributed by atoms with Gasteiger partial charge >= 0.3 is 6.03 Å². The van der Waals surface area contributed by atoms with Gasteiger partial charge in [-0.15, -0.1) is 0 Å². The minimum absolute atomic E-state index is 0.0324. The zero-order valence-corrected chi connectivity index (χ0v) is 16.2. The van der Waals surface area contributed by atoms with Crippen LogP contribution in [0.25, 0.3) is 0 Å². The molecule has 0 bridgehead atoms. The highest BCUT2D eigenvalue weighted by atomic mass is 32.1. The third-order valence-electron chi connectivity index (χ3n) is 6.28. The van der Waals surface area contributed by atoms with Crippen LogP contribution in [0.3, 0.4) is 0 Å². The predicted octanol–water partition coefficient (Wildman–Crippen LogP) is -0.366. The maximum Gasteiger partial charge on any atom is 0.329 e. The Hall–Kier alpha value is -1.44. The van der Waals surface area contributed by atoms with E-state index in [4.69, 9.17) is 0 Å². The highest BCUT2D eigenvalue weighted by Crippen LogP contribution is 2.32. The number of carbonyl (C=O) groups is 2. The number of imide groups is 1. The van der Waals surface area contributed by atoms with Gasteiger partial charge in [-0.3, -0.25) is 4.79 Å². The van der Waals surface area contributed by atoms with E-state index in [9.17, 15) is 9.59 Å². The second kappa shape index (κ2) is 7.66. The first-order chi connectivity index (χ1) is 12.7. The number of urea groups is 1. The van der Waals surface area contributed by atoms with E-state index in [1.807, 2.05) is 0 Å². The molecule has 1 saturated carbocycles. The van der Waals surface area contributed by atoms with Crippen LogP contribution in [-0.2, 0) is 11.3 Å². The molecule has 0 atom stereocenters. The van der Waals surface area contributed by atoms with Crippen LogP contribution in [0.4, 0.5) is 4.79 Å². The van der Waals surface area contributed by atoms with Crippen LogP contribution in [0.1, 0.15) is 44.1 Å². The molecular formula is C19H30N4O2S+2. The van der Waals surface area contributed by atoms with Gasteiger partial charge in [0.05, 0.1) is 0 Å². The molecule has 3 aliphatic rings. The fraction of sp³-hybridized carbons (Fsp3) is 0.684. The number of thiophene rings is 1. The molecular weight excluding hydrogens is 348 g/mol. The fourth-order valence-electron chi connectivity index (χ4n) is 4.69. The van der Waals surface area contributed by atoms with Crippen molar-refractivity contribution in [2.45, 2.75) is 50.6 Å². The van der Waals surface area contributed by atoms with Gasteiger partial charge in [0.2, 0.25) is 0 Å². The lowest BCUT2D eigenvalue weighted by atomic mass is 9.90. The van der Waals surface area contributed by atoms with E-state index in [0.717, 1.165) is 58.4 Å². The summed E-state index contributed by atoms with van der Waals surface area (Å²) in [6.45, 7) is 5.84. The molecule has 7 heteroatoms. The third kappa shape index (κ3) is 3.66. The number of hydrogen-bond donors (Lipinski definition) is 3. The van der Waals surface area contributed by atoms with Gasteiger partial charge in [-0.25, -0.2) is 9.69 Å². The summed E-state index contributed by atoms with van der Waals surface area (Å²) in [5.41, 5.74) is 0.817. The molecule has 3 N–H and O–H groups in total. The number of carbonyl (C=O) groups excluding carboxylic acids is 2. The minimum Gasteiger partial charge on any atom is -0.323 e. The van der Waals surface area contributed by atoms with E-state index in [1.54, 1.807) is 16.2 Å². The lowest BCUT2D eigenvalue weighted by molar-refractivity contribution is -1.02. The van der Waals surface area contributed by atoms with Crippen molar-refractivity contribution < 1.29 is 19.4 Å². The average molecular weight is 379 g/mol. The molecule has 4 rings (SSSR count). The van der Waals surface area contributed by atoms with Crippen molar-refractivity contribution in [2.24, 2.45) is 0 Å². The molecule has 1 aromatic heterocycles. The quantitative estimate of drug-likeness (QED) is 0.627. The first-order valence-electron chi connectivity index (χ1n) is 9.99. The summed E-state index contributed by atoms with van der Waals surface area (Å²) in [4.78, 5) is 30.0. The van der Waals surface area contributed by atoms with Gasteiger partial charge < -0.3 is 15.1 Å². The van der Waals surface area contributed by atoms with Crippen molar-refractivity contribution in [3.05, 3.63) is 22.4 Å². The van der Waals surface area contributed by atoms with Crippen LogP contribution in [0.15, 0.2) is 16.8 Å². The largest absolute Gasteiger partial charge is 0.329 e. The van der Waals surface area contributed by atoms with Crippen molar-refractivity contribution >= 4 is 23.3 Å². The van der Waals surface area contributed by atoms with Crippen molar-refractivity contribution in [3.8, 4) is 0 Å². The summed E-state index contributed by atoms with van der Waals surface area (Å²) < 4.78 is 0. The van der Waals surface area contributed by atoms with Gasteiger partial charge in [0.25, 0.3) is 5.91 Å². The molecule has 2 aliphatic heterocycles. The minimum atomic E-state index is -0.598. The number of quaternary nitrogens is 2. The molecule has 0 aromatic carbocycles. The van der Waals surface area contributed by atoms with Gasteiger partial charge in [-0.05, 0) is 29.7 Å². The lowest BCUT2D eigenvalue weighted by Gasteiger charge is -2.31. The summed E-state index contributed by atoms with van der Waals surface area (Å²) in [6, 6.07) is 2.04. The van der Waals surface area contributed by atoms with Crippen LogP contribution in [-0.4, -0.2) is 55.2 Å². The van der Waals surface area contributed by atoms with E-state index in [1.165, 1.54) is 28.2 Å². The molecule has 3 amide bonds. The molecule has 1 aliphatic carbocycles. The zero-order valence-electron chi connectivity index (χ0n) is 15.4. The lowest BCUT2D eigenvalue weighted by Crippen LogP contribution is -3.28. The number of nitrogens with zero attached hydrogens (tertiary/aromatic N) is 1. The summed E-state index contributed by atoms with van der Waals surface area (Å²) in [7, 11) is 0. The van der Waals surface area contributed by atoms with Crippen molar-refractivity contribution in [2.75, 3.05) is 32.8 Å². The second-order valence-electron chi connectivity index (χ2n) is 8.13. The van der Waals surface area contributed by atoms with E-state index >= 15 is 0 Å². The van der Waals surface area contributed by atoms with Crippen LogP contribution < -0.4 is 15.1 Å². The Kier molecular flexibility index (Phi) is 5.29. The number of hydrogen-bond acceptors (Lipinski definition) is 3. The smallest absolute Gasteiger partial charge is 0.323 e. The predicted molar refractivity (Wildman–Crippen MR) is 100 cm³/mol. The number of amides is 3. The third-order valence-corrected chi connectivity index (χ3v) is 7.02. The van der Waals surface area contributed by atoms with Crippen LogP contribution in [0, 0.1) is 0 Å². The Morgan fingerprint density at radius 3 is 2.38 bits per heavy atom. The zero-order chi connectivity index (χ0) is 18.0. The van der Waals surface area contributed by atoms with Gasteiger partial charge in [-0.1, -0.05) is 25.7 Å². The van der Waals surface area contributed by atoms with E-state index in [2.05, 4.69) is 22.1 Å². The maximum absolute atomic E-state index is 13.0. The SMILES string of the molecule is O=C1NC2(CCCCCC2)C(=O)N1C[NH+]1CC[NH+](Cc2ccsc2)CC1. The monoisotopic (exact) mass is 378 g/mol. The topological polar surface area (TPSA) is 58.3 Å². The average Bonchev–Trinajstić information content (AvgIpc) is 3.13. The van der Waals surface area contributed by atoms with Gasteiger partial charge in [0.1, 0.15) is 38.3 Å². The summed E-state index contributed by atoms with van der Waals surface area (Å²) in [5.74, 6) is 0.0324. The molecule has 0 unspecified atom stereocenters. The number of nitrogens with one attached hydrogen (secondary N) is 3. The van der Waals surface area contributed by atoms with Gasteiger partial charge in [-0.2, -0.15) is 11.3 Å². The normalized spacial score (nSPS) is 29.0. The summed E-state index contributed by atoms with van der Waals surface area (Å²) in [6.07, 6.45) is 6.04. The Labute approximate surface area is 159 Å². The molecule has 0 radical (unpaired) electrons. The van der Waals surface area contributed by atoms with Crippen LogP contribution >= 0.6 is 11.3 Å². The van der Waals surface area contributed by atoms with Gasteiger partial charge in [0, 0.05) is 5.56 Å². The van der Waals surface area contributed by atoms with Crippen molar-refractivity contribution in [1.29, 1.82) is 0 Å². The first kappa shape index (κ1) is 17.9. The highest BCUT2D eigenvalue weighted by Gasteiger charge is 2.51. The van der Waals surface area contributed by atoms with Gasteiger partial charge in [0.15, 0.2) is 6.67 Å². The van der Waals surface area contributed by atoms with E-state index < -0.39 is 5.54 Å². The first-order valence-corrected chi connectivity index (χ1v) is 10.9. The van der Waals surface area contributed by atoms with Crippen LogP contribution in [0.2, 0.25) is 0 Å². The van der Waals surface area contributed by atoms with Crippen molar-refractivity contribution in [3.63, 3.8) is 0 Å². The molecule has 3 fully saturated rings. The highest BCUT2D eigenvalue weighted by molar-refractivity contribution is 7.07. The number of rotatable bonds is 4. The second-order valence-corrected chi connectivity index (χ2v) is 8.91. The summed E-state index contributed by atoms with van der Waals surface area (Å²) in [5, 5.41) is 7.42. The Morgan fingerprint density at radius 1 is 1.04 bits per heavy atom. The molecule has 1 spiro atoms. The van der Waals surface area contributed by atoms with Crippen LogP contribution in [0.5, 0.6) is 0 Å². The van der Waals surface area contributed by atoms with E-state index in [0.29, 0.717) is 6.67 Å². The maximum atomic E-state index is 13.0. The Bertz CT molecular complexity index is 632. The van der Waals surface area contributed by atoms with E-state index in [-0.39, 0.29) is 11.9 Å². The molecule has 26 heavy (non-hydrogen) atoms. The molecule has 142 valence electrons. The molecule has 6 nitrogen and oxygen atoms in total. The molecule has 2 saturated heterocycles. The Balaban J connectivity index is 1.31. The summed E-state index contributed by atoms with van der Waals surface area (Å²) >= 11 is 1.76. The fourth-order valence-corrected chi connectivity index (χ4v) is 5.36.